The molecule has 1 atom stereocenters. The Balaban J connectivity index is 1.57. The van der Waals surface area contributed by atoms with Crippen LogP contribution in [0.4, 0.5) is 5.69 Å². The van der Waals surface area contributed by atoms with Crippen LogP contribution in [0, 0.1) is 0 Å². The molecule has 0 spiro atoms. The molecule has 0 bridgehead atoms. The van der Waals surface area contributed by atoms with E-state index in [-0.39, 0.29) is 18.6 Å². The van der Waals surface area contributed by atoms with Crippen molar-refractivity contribution >= 4 is 17.5 Å². The van der Waals surface area contributed by atoms with Crippen LogP contribution in [-0.4, -0.2) is 18.6 Å². The fourth-order valence-electron chi connectivity index (χ4n) is 2.93. The van der Waals surface area contributed by atoms with Gasteiger partial charge in [-0.3, -0.25) is 9.59 Å². The zero-order chi connectivity index (χ0) is 19.3. The van der Waals surface area contributed by atoms with E-state index in [1.807, 2.05) is 36.4 Å². The molecule has 28 heavy (non-hydrogen) atoms. The Bertz CT molecular complexity index is 990. The summed E-state index contributed by atoms with van der Waals surface area (Å²) in [7, 11) is 0. The normalized spacial score (nSPS) is 12.9. The SMILES string of the molecule is O=C(NC(C(=O)Nc1ccccc1)c1ccccc1)c1ccc2c(c1)OCO2. The third-order valence-electron chi connectivity index (χ3n) is 4.35. The molecule has 4 rings (SSSR count). The van der Waals surface area contributed by atoms with E-state index in [1.54, 1.807) is 42.5 Å². The Hall–Kier alpha value is -3.80. The molecule has 0 fully saturated rings. The minimum Gasteiger partial charge on any atom is -0.454 e. The maximum atomic E-state index is 12.9. The fraction of sp³-hybridized carbons (Fsp3) is 0.0909. The van der Waals surface area contributed by atoms with Crippen molar-refractivity contribution in [3.8, 4) is 11.5 Å². The maximum absolute atomic E-state index is 12.9. The number of para-hydroxylation sites is 1. The number of amides is 2. The number of hydrogen-bond donors (Lipinski definition) is 2. The number of fused-ring (bicyclic) bond motifs is 1. The van der Waals surface area contributed by atoms with Crippen molar-refractivity contribution in [2.45, 2.75) is 6.04 Å². The van der Waals surface area contributed by atoms with E-state index in [1.165, 1.54) is 0 Å². The van der Waals surface area contributed by atoms with Crippen molar-refractivity contribution in [3.05, 3.63) is 90.0 Å². The van der Waals surface area contributed by atoms with Crippen LogP contribution in [0.2, 0.25) is 0 Å². The minimum atomic E-state index is -0.848. The van der Waals surface area contributed by atoms with Gasteiger partial charge >= 0.3 is 0 Å². The number of benzene rings is 3. The maximum Gasteiger partial charge on any atom is 0.252 e. The fourth-order valence-corrected chi connectivity index (χ4v) is 2.93. The van der Waals surface area contributed by atoms with Crippen LogP contribution in [0.5, 0.6) is 11.5 Å². The molecule has 1 unspecified atom stereocenters. The molecule has 1 heterocycles. The zero-order valence-corrected chi connectivity index (χ0v) is 14.9. The number of anilines is 1. The number of ether oxygens (including phenoxy) is 2. The first-order valence-electron chi connectivity index (χ1n) is 8.82. The molecule has 3 aromatic carbocycles. The summed E-state index contributed by atoms with van der Waals surface area (Å²) in [6.45, 7) is 0.131. The summed E-state index contributed by atoms with van der Waals surface area (Å²) in [5.41, 5.74) is 1.73. The highest BCUT2D eigenvalue weighted by Gasteiger charge is 2.24. The van der Waals surface area contributed by atoms with Gasteiger partial charge in [-0.2, -0.15) is 0 Å². The molecule has 0 aliphatic carbocycles. The van der Waals surface area contributed by atoms with Gasteiger partial charge in [0.2, 0.25) is 6.79 Å². The zero-order valence-electron chi connectivity index (χ0n) is 14.9. The topological polar surface area (TPSA) is 76.7 Å². The quantitative estimate of drug-likeness (QED) is 0.716. The van der Waals surface area contributed by atoms with Gasteiger partial charge in [-0.1, -0.05) is 48.5 Å². The van der Waals surface area contributed by atoms with Crippen molar-refractivity contribution in [1.29, 1.82) is 0 Å². The Morgan fingerprint density at radius 1 is 0.821 bits per heavy atom. The largest absolute Gasteiger partial charge is 0.454 e. The minimum absolute atomic E-state index is 0.131. The summed E-state index contributed by atoms with van der Waals surface area (Å²) in [5.74, 6) is 0.400. The van der Waals surface area contributed by atoms with Crippen LogP contribution in [0.15, 0.2) is 78.9 Å². The first kappa shape index (κ1) is 17.6. The summed E-state index contributed by atoms with van der Waals surface area (Å²) in [4.78, 5) is 25.7. The lowest BCUT2D eigenvalue weighted by Gasteiger charge is -2.19. The molecule has 0 radical (unpaired) electrons. The molecule has 3 aromatic rings. The van der Waals surface area contributed by atoms with Crippen LogP contribution in [0.3, 0.4) is 0 Å². The van der Waals surface area contributed by atoms with Gasteiger partial charge in [0.25, 0.3) is 11.8 Å². The number of nitrogens with one attached hydrogen (secondary N) is 2. The van der Waals surface area contributed by atoms with Crippen molar-refractivity contribution in [1.82, 2.24) is 5.32 Å². The number of carbonyl (C=O) groups excluding carboxylic acids is 2. The third-order valence-corrected chi connectivity index (χ3v) is 4.35. The van der Waals surface area contributed by atoms with Gasteiger partial charge in [0.1, 0.15) is 6.04 Å². The molecule has 6 heteroatoms. The van der Waals surface area contributed by atoms with E-state index in [4.69, 9.17) is 9.47 Å². The van der Waals surface area contributed by atoms with E-state index in [0.29, 0.717) is 28.3 Å². The Morgan fingerprint density at radius 3 is 2.25 bits per heavy atom. The lowest BCUT2D eigenvalue weighted by atomic mass is 10.0. The molecule has 0 saturated carbocycles. The van der Waals surface area contributed by atoms with Gasteiger partial charge in [0.15, 0.2) is 11.5 Å². The Kier molecular flexibility index (Phi) is 4.93. The van der Waals surface area contributed by atoms with Gasteiger partial charge in [-0.05, 0) is 35.9 Å². The van der Waals surface area contributed by atoms with Gasteiger partial charge in [-0.25, -0.2) is 0 Å². The molecule has 2 amide bonds. The van der Waals surface area contributed by atoms with Crippen LogP contribution >= 0.6 is 0 Å². The lowest BCUT2D eigenvalue weighted by molar-refractivity contribution is -0.118. The Morgan fingerprint density at radius 2 is 1.50 bits per heavy atom. The molecular formula is C22H18N2O4. The monoisotopic (exact) mass is 374 g/mol. The van der Waals surface area contributed by atoms with E-state index in [9.17, 15) is 9.59 Å². The highest BCUT2D eigenvalue weighted by molar-refractivity contribution is 6.01. The second-order valence-corrected chi connectivity index (χ2v) is 6.24. The molecule has 140 valence electrons. The summed E-state index contributed by atoms with van der Waals surface area (Å²) in [6, 6.07) is 22.3. The highest BCUT2D eigenvalue weighted by Crippen LogP contribution is 2.32. The smallest absolute Gasteiger partial charge is 0.252 e. The molecule has 1 aliphatic rings. The van der Waals surface area contributed by atoms with Gasteiger partial charge in [0, 0.05) is 11.3 Å². The third kappa shape index (κ3) is 3.81. The summed E-state index contributed by atoms with van der Waals surface area (Å²) in [6.07, 6.45) is 0. The van der Waals surface area contributed by atoms with E-state index in [0.717, 1.165) is 0 Å². The van der Waals surface area contributed by atoms with Crippen molar-refractivity contribution in [2.24, 2.45) is 0 Å². The van der Waals surface area contributed by atoms with Crippen molar-refractivity contribution in [2.75, 3.05) is 12.1 Å². The first-order chi connectivity index (χ1) is 13.7. The standard InChI is InChI=1S/C22H18N2O4/c25-21(16-11-12-18-19(13-16)28-14-27-18)24-20(15-7-3-1-4-8-15)22(26)23-17-9-5-2-6-10-17/h1-13,20H,14H2,(H,23,26)(H,24,25). The second-order valence-electron chi connectivity index (χ2n) is 6.24. The molecule has 1 aliphatic heterocycles. The Labute approximate surface area is 162 Å². The second kappa shape index (κ2) is 7.84. The van der Waals surface area contributed by atoms with Crippen molar-refractivity contribution in [3.63, 3.8) is 0 Å². The summed E-state index contributed by atoms with van der Waals surface area (Å²) in [5, 5.41) is 5.65. The van der Waals surface area contributed by atoms with Crippen molar-refractivity contribution < 1.29 is 19.1 Å². The predicted octanol–water partition coefficient (Wildman–Crippen LogP) is 3.53. The molecular weight excluding hydrogens is 356 g/mol. The van der Waals surface area contributed by atoms with E-state index >= 15 is 0 Å². The van der Waals surface area contributed by atoms with E-state index in [2.05, 4.69) is 10.6 Å². The molecule has 0 saturated heterocycles. The van der Waals surface area contributed by atoms with Crippen LogP contribution in [0.1, 0.15) is 22.0 Å². The number of carbonyl (C=O) groups is 2. The van der Waals surface area contributed by atoms with Crippen LogP contribution < -0.4 is 20.1 Å². The first-order valence-corrected chi connectivity index (χ1v) is 8.82. The highest BCUT2D eigenvalue weighted by atomic mass is 16.7. The average Bonchev–Trinajstić information content (AvgIpc) is 3.21. The van der Waals surface area contributed by atoms with Gasteiger partial charge in [0.05, 0.1) is 0 Å². The number of hydrogen-bond acceptors (Lipinski definition) is 4. The van der Waals surface area contributed by atoms with Gasteiger partial charge < -0.3 is 20.1 Å². The summed E-state index contributed by atoms with van der Waals surface area (Å²) < 4.78 is 10.6. The molecule has 2 N–H and O–H groups in total. The van der Waals surface area contributed by atoms with E-state index < -0.39 is 6.04 Å². The van der Waals surface area contributed by atoms with Crippen LogP contribution in [0.25, 0.3) is 0 Å². The lowest BCUT2D eigenvalue weighted by Crippen LogP contribution is -2.37. The summed E-state index contributed by atoms with van der Waals surface area (Å²) >= 11 is 0. The average molecular weight is 374 g/mol. The predicted molar refractivity (Wildman–Crippen MR) is 104 cm³/mol. The number of rotatable bonds is 5. The molecule has 6 nitrogen and oxygen atoms in total. The van der Waals surface area contributed by atoms with Gasteiger partial charge in [-0.15, -0.1) is 0 Å². The molecule has 0 aromatic heterocycles. The van der Waals surface area contributed by atoms with Crippen LogP contribution in [-0.2, 0) is 4.79 Å².